The molecule has 0 aromatic rings. The molecule has 1 N–H and O–H groups in total. The summed E-state index contributed by atoms with van der Waals surface area (Å²) < 4.78 is 18.7. The summed E-state index contributed by atoms with van der Waals surface area (Å²) in [6.07, 6.45) is 1.29. The first kappa shape index (κ1) is 18.5. The minimum atomic E-state index is -1.33. The number of carbonyl (C=O) groups excluding carboxylic acids is 4. The van der Waals surface area contributed by atoms with Gasteiger partial charge in [0.25, 0.3) is 0 Å². The van der Waals surface area contributed by atoms with Gasteiger partial charge >= 0.3 is 23.9 Å². The summed E-state index contributed by atoms with van der Waals surface area (Å²) in [6, 6.07) is 0. The summed E-state index contributed by atoms with van der Waals surface area (Å²) in [7, 11) is 4.49. The zero-order valence-electron chi connectivity index (χ0n) is 14.1. The third kappa shape index (κ3) is 2.75. The van der Waals surface area contributed by atoms with Crippen LogP contribution in [0.25, 0.3) is 0 Å². The molecule has 2 aliphatic carbocycles. The van der Waals surface area contributed by atoms with Crippen LogP contribution in [0.2, 0.25) is 0 Å². The average Bonchev–Trinajstić information content (AvgIpc) is 3.13. The molecule has 2 rings (SSSR count). The molecule has 0 aliphatic heterocycles. The van der Waals surface area contributed by atoms with E-state index in [9.17, 15) is 24.3 Å². The Balaban J connectivity index is 2.65. The van der Waals surface area contributed by atoms with Crippen molar-refractivity contribution in [3.05, 3.63) is 23.0 Å². The molecular formula is C16H18O9. The van der Waals surface area contributed by atoms with E-state index in [4.69, 9.17) is 9.47 Å². The van der Waals surface area contributed by atoms with Crippen molar-refractivity contribution in [1.29, 1.82) is 0 Å². The second-order valence-corrected chi connectivity index (χ2v) is 5.51. The number of rotatable bonds is 4. The Morgan fingerprint density at radius 1 is 0.840 bits per heavy atom. The largest absolute Gasteiger partial charge is 0.511 e. The van der Waals surface area contributed by atoms with Gasteiger partial charge in [-0.15, -0.1) is 0 Å². The van der Waals surface area contributed by atoms with Crippen LogP contribution in [0.15, 0.2) is 23.0 Å². The van der Waals surface area contributed by atoms with Gasteiger partial charge in [0.05, 0.1) is 39.9 Å². The Hall–Kier alpha value is -2.84. The molecule has 0 bridgehead atoms. The van der Waals surface area contributed by atoms with Crippen molar-refractivity contribution in [3.8, 4) is 0 Å². The molecule has 0 spiro atoms. The molecule has 0 amide bonds. The van der Waals surface area contributed by atoms with Gasteiger partial charge in [-0.3, -0.25) is 9.59 Å². The first-order valence-corrected chi connectivity index (χ1v) is 7.30. The highest BCUT2D eigenvalue weighted by Gasteiger charge is 2.59. The van der Waals surface area contributed by atoms with Gasteiger partial charge in [-0.2, -0.15) is 0 Å². The van der Waals surface area contributed by atoms with Gasteiger partial charge < -0.3 is 24.1 Å². The molecule has 0 saturated carbocycles. The Morgan fingerprint density at radius 2 is 1.40 bits per heavy atom. The number of methoxy groups -OCH3 is 4. The number of carbonyl (C=O) groups is 4. The van der Waals surface area contributed by atoms with Crippen molar-refractivity contribution >= 4 is 23.9 Å². The molecule has 0 radical (unpaired) electrons. The molecule has 0 aromatic carbocycles. The van der Waals surface area contributed by atoms with E-state index in [-0.39, 0.29) is 11.1 Å². The van der Waals surface area contributed by atoms with Gasteiger partial charge in [0.1, 0.15) is 11.7 Å². The lowest BCUT2D eigenvalue weighted by Crippen LogP contribution is -2.31. The third-order valence-electron chi connectivity index (χ3n) is 4.51. The van der Waals surface area contributed by atoms with Gasteiger partial charge in [0.15, 0.2) is 0 Å². The molecule has 9 heteroatoms. The third-order valence-corrected chi connectivity index (χ3v) is 4.51. The van der Waals surface area contributed by atoms with Gasteiger partial charge in [-0.05, 0) is 0 Å². The zero-order chi connectivity index (χ0) is 18.9. The van der Waals surface area contributed by atoms with Crippen LogP contribution in [-0.4, -0.2) is 57.4 Å². The SMILES string of the molecule is COC(=O)C1=CC(C(=O)OC)C2C(C(=O)OC)=C(O)C(C(=O)OC)C12. The highest BCUT2D eigenvalue weighted by molar-refractivity contribution is 5.99. The number of ether oxygens (including phenoxy) is 4. The second-order valence-electron chi connectivity index (χ2n) is 5.51. The van der Waals surface area contributed by atoms with Crippen molar-refractivity contribution in [1.82, 2.24) is 0 Å². The summed E-state index contributed by atoms with van der Waals surface area (Å²) >= 11 is 0. The molecule has 25 heavy (non-hydrogen) atoms. The number of esters is 4. The second kappa shape index (κ2) is 6.96. The zero-order valence-corrected chi connectivity index (χ0v) is 14.1. The summed E-state index contributed by atoms with van der Waals surface area (Å²) in [5, 5.41) is 10.4. The van der Waals surface area contributed by atoms with Crippen LogP contribution >= 0.6 is 0 Å². The Bertz CT molecular complexity index is 688. The Morgan fingerprint density at radius 3 is 1.88 bits per heavy atom. The standard InChI is InChI=1S/C16H18O9/c1-22-13(18)6-5-7(14(19)23-2)9-8(6)10(15(20)24-3)12(17)11(9)16(21)25-4/h5-6,8-9,11,17H,1-4H3. The van der Waals surface area contributed by atoms with E-state index < -0.39 is 53.3 Å². The van der Waals surface area contributed by atoms with E-state index in [1.807, 2.05) is 0 Å². The van der Waals surface area contributed by atoms with Crippen LogP contribution in [0.1, 0.15) is 0 Å². The number of hydrogen-bond donors (Lipinski definition) is 1. The monoisotopic (exact) mass is 354 g/mol. The van der Waals surface area contributed by atoms with E-state index >= 15 is 0 Å². The maximum absolute atomic E-state index is 12.2. The molecular weight excluding hydrogens is 336 g/mol. The van der Waals surface area contributed by atoms with Crippen LogP contribution < -0.4 is 0 Å². The maximum Gasteiger partial charge on any atom is 0.337 e. The Kier molecular flexibility index (Phi) is 5.15. The molecule has 4 unspecified atom stereocenters. The number of aliphatic hydroxyl groups excluding tert-OH is 1. The predicted molar refractivity (Wildman–Crippen MR) is 79.8 cm³/mol. The van der Waals surface area contributed by atoms with Gasteiger partial charge in [-0.25, -0.2) is 9.59 Å². The summed E-state index contributed by atoms with van der Waals surface area (Å²) in [5.74, 6) is -8.26. The molecule has 0 fully saturated rings. The van der Waals surface area contributed by atoms with Gasteiger partial charge in [-0.1, -0.05) is 6.08 Å². The topological polar surface area (TPSA) is 125 Å². The smallest absolute Gasteiger partial charge is 0.337 e. The normalized spacial score (nSPS) is 27.3. The summed E-state index contributed by atoms with van der Waals surface area (Å²) in [4.78, 5) is 48.5. The van der Waals surface area contributed by atoms with Gasteiger partial charge in [0, 0.05) is 17.4 Å². The minimum Gasteiger partial charge on any atom is -0.511 e. The lowest BCUT2D eigenvalue weighted by molar-refractivity contribution is -0.149. The first-order chi connectivity index (χ1) is 11.8. The van der Waals surface area contributed by atoms with Crippen LogP contribution in [0.4, 0.5) is 0 Å². The average molecular weight is 354 g/mol. The van der Waals surface area contributed by atoms with Crippen LogP contribution in [0, 0.1) is 23.7 Å². The fraction of sp³-hybridized carbons (Fsp3) is 0.500. The first-order valence-electron chi connectivity index (χ1n) is 7.30. The number of hydrogen-bond acceptors (Lipinski definition) is 9. The van der Waals surface area contributed by atoms with E-state index in [0.717, 1.165) is 28.4 Å². The van der Waals surface area contributed by atoms with E-state index in [0.29, 0.717) is 0 Å². The van der Waals surface area contributed by atoms with Crippen molar-refractivity contribution < 1.29 is 43.2 Å². The van der Waals surface area contributed by atoms with Crippen LogP contribution in [0.3, 0.4) is 0 Å². The number of fused-ring (bicyclic) bond motifs is 1. The summed E-state index contributed by atoms with van der Waals surface area (Å²) in [5.41, 5.74) is -0.266. The fourth-order valence-corrected chi connectivity index (χ4v) is 3.49. The van der Waals surface area contributed by atoms with Crippen LogP contribution in [-0.2, 0) is 38.1 Å². The fourth-order valence-electron chi connectivity index (χ4n) is 3.49. The Labute approximate surface area is 143 Å². The molecule has 0 heterocycles. The highest BCUT2D eigenvalue weighted by atomic mass is 16.5. The van der Waals surface area contributed by atoms with Crippen molar-refractivity contribution in [2.45, 2.75) is 0 Å². The minimum absolute atomic E-state index is 0.0104. The highest BCUT2D eigenvalue weighted by Crippen LogP contribution is 2.53. The van der Waals surface area contributed by atoms with Gasteiger partial charge in [0.2, 0.25) is 0 Å². The van der Waals surface area contributed by atoms with E-state index in [2.05, 4.69) is 9.47 Å². The van der Waals surface area contributed by atoms with E-state index in [1.54, 1.807) is 0 Å². The summed E-state index contributed by atoms with van der Waals surface area (Å²) in [6.45, 7) is 0. The molecule has 0 aromatic heterocycles. The van der Waals surface area contributed by atoms with Crippen LogP contribution in [0.5, 0.6) is 0 Å². The molecule has 0 saturated heterocycles. The lowest BCUT2D eigenvalue weighted by atomic mass is 9.81. The molecule has 9 nitrogen and oxygen atoms in total. The molecule has 136 valence electrons. The van der Waals surface area contributed by atoms with Crippen molar-refractivity contribution in [2.75, 3.05) is 28.4 Å². The number of aliphatic hydroxyl groups is 1. The van der Waals surface area contributed by atoms with E-state index in [1.165, 1.54) is 6.08 Å². The maximum atomic E-state index is 12.2. The molecule has 2 aliphatic rings. The lowest BCUT2D eigenvalue weighted by Gasteiger charge is -2.22. The molecule has 4 atom stereocenters. The quantitative estimate of drug-likeness (QED) is 0.544. The van der Waals surface area contributed by atoms with Crippen molar-refractivity contribution in [3.63, 3.8) is 0 Å². The van der Waals surface area contributed by atoms with Crippen molar-refractivity contribution in [2.24, 2.45) is 23.7 Å². The predicted octanol–water partition coefficient (Wildman–Crippen LogP) is -0.0911.